The van der Waals surface area contributed by atoms with Crippen molar-refractivity contribution in [2.75, 3.05) is 0 Å². The van der Waals surface area contributed by atoms with Crippen molar-refractivity contribution in [1.29, 1.82) is 0 Å². The van der Waals surface area contributed by atoms with Crippen molar-refractivity contribution >= 4 is 75.1 Å². The van der Waals surface area contributed by atoms with Crippen molar-refractivity contribution in [2.24, 2.45) is 0 Å². The van der Waals surface area contributed by atoms with Crippen molar-refractivity contribution in [3.63, 3.8) is 0 Å². The van der Waals surface area contributed by atoms with Gasteiger partial charge in [-0.1, -0.05) is 84.9 Å². The highest BCUT2D eigenvalue weighted by Crippen LogP contribution is 2.44. The van der Waals surface area contributed by atoms with E-state index in [0.29, 0.717) is 0 Å². The Kier molecular flexibility index (Phi) is 3.89. The number of para-hydroxylation sites is 2. The molecular formula is C37H22N2S. The molecule has 6 aromatic carbocycles. The van der Waals surface area contributed by atoms with E-state index in [1.807, 2.05) is 11.3 Å². The molecule has 0 fully saturated rings. The van der Waals surface area contributed by atoms with Gasteiger partial charge in [0, 0.05) is 59.5 Å². The predicted molar refractivity (Wildman–Crippen MR) is 171 cm³/mol. The molecule has 1 aliphatic heterocycles. The van der Waals surface area contributed by atoms with Crippen LogP contribution >= 0.6 is 11.3 Å². The molecule has 0 N–H and O–H groups in total. The second-order valence-corrected chi connectivity index (χ2v) is 12.0. The summed E-state index contributed by atoms with van der Waals surface area (Å²) in [5.41, 5.74) is 10.3. The molecule has 1 aliphatic rings. The first-order chi connectivity index (χ1) is 19.8. The van der Waals surface area contributed by atoms with E-state index in [1.54, 1.807) is 0 Å². The third kappa shape index (κ3) is 2.58. The topological polar surface area (TPSA) is 9.86 Å². The quantitative estimate of drug-likeness (QED) is 0.201. The highest BCUT2D eigenvalue weighted by atomic mass is 32.1. The van der Waals surface area contributed by atoms with Crippen molar-refractivity contribution in [2.45, 2.75) is 6.54 Å². The average molecular weight is 527 g/mol. The lowest BCUT2D eigenvalue weighted by molar-refractivity contribution is 0.863. The number of benzene rings is 6. The third-order valence-electron chi connectivity index (χ3n) is 8.86. The van der Waals surface area contributed by atoms with Crippen LogP contribution in [0.3, 0.4) is 0 Å². The zero-order valence-corrected chi connectivity index (χ0v) is 22.4. The summed E-state index contributed by atoms with van der Waals surface area (Å²) in [5, 5.41) is 7.95. The minimum atomic E-state index is 0.841. The van der Waals surface area contributed by atoms with Gasteiger partial charge in [-0.3, -0.25) is 0 Å². The molecule has 0 radical (unpaired) electrons. The molecule has 0 saturated heterocycles. The first-order valence-electron chi connectivity index (χ1n) is 13.8. The van der Waals surface area contributed by atoms with Gasteiger partial charge in [0.1, 0.15) is 0 Å². The molecule has 0 saturated carbocycles. The average Bonchev–Trinajstić information content (AvgIpc) is 3.64. The van der Waals surface area contributed by atoms with Gasteiger partial charge in [0.05, 0.1) is 16.6 Å². The normalized spacial score (nSPS) is 12.9. The van der Waals surface area contributed by atoms with Crippen LogP contribution in [-0.4, -0.2) is 9.13 Å². The number of fused-ring (bicyclic) bond motifs is 12. The Morgan fingerprint density at radius 2 is 1.23 bits per heavy atom. The summed E-state index contributed by atoms with van der Waals surface area (Å²) in [5.74, 6) is 0. The van der Waals surface area contributed by atoms with Gasteiger partial charge in [-0.25, -0.2) is 0 Å². The fourth-order valence-electron chi connectivity index (χ4n) is 7.23. The molecule has 40 heavy (non-hydrogen) atoms. The highest BCUT2D eigenvalue weighted by Gasteiger charge is 2.23. The predicted octanol–water partition coefficient (Wildman–Crippen LogP) is 10.3. The lowest BCUT2D eigenvalue weighted by Gasteiger charge is -2.19. The zero-order chi connectivity index (χ0) is 25.9. The molecule has 186 valence electrons. The maximum absolute atomic E-state index is 2.55. The van der Waals surface area contributed by atoms with Crippen LogP contribution in [0, 0.1) is 0 Å². The monoisotopic (exact) mass is 526 g/mol. The minimum absolute atomic E-state index is 0.841. The van der Waals surface area contributed by atoms with Gasteiger partial charge in [-0.15, -0.1) is 11.3 Å². The first kappa shape index (κ1) is 21.0. The number of thiophene rings is 1. The summed E-state index contributed by atoms with van der Waals surface area (Å²) in [6.45, 7) is 0.841. The van der Waals surface area contributed by atoms with Gasteiger partial charge in [-0.05, 0) is 53.1 Å². The maximum atomic E-state index is 2.55. The first-order valence-corrected chi connectivity index (χ1v) is 14.6. The molecule has 0 spiro atoms. The van der Waals surface area contributed by atoms with Gasteiger partial charge < -0.3 is 9.13 Å². The summed E-state index contributed by atoms with van der Waals surface area (Å²) in [7, 11) is 0. The van der Waals surface area contributed by atoms with Crippen LogP contribution in [-0.2, 0) is 6.54 Å². The minimum Gasteiger partial charge on any atom is -0.334 e. The van der Waals surface area contributed by atoms with Crippen LogP contribution in [0.2, 0.25) is 0 Å². The number of hydrogen-bond acceptors (Lipinski definition) is 1. The summed E-state index contributed by atoms with van der Waals surface area (Å²) in [6, 6.07) is 45.2. The van der Waals surface area contributed by atoms with Crippen molar-refractivity contribution in [3.05, 3.63) is 127 Å². The molecule has 0 atom stereocenters. The number of rotatable bonds is 1. The third-order valence-corrected chi connectivity index (χ3v) is 10.1. The van der Waals surface area contributed by atoms with Crippen LogP contribution < -0.4 is 0 Å². The summed E-state index contributed by atoms with van der Waals surface area (Å²) >= 11 is 1.90. The van der Waals surface area contributed by atoms with Gasteiger partial charge in [0.15, 0.2) is 0 Å². The van der Waals surface area contributed by atoms with E-state index >= 15 is 0 Å². The maximum Gasteiger partial charge on any atom is 0.0785 e. The summed E-state index contributed by atoms with van der Waals surface area (Å²) in [4.78, 5) is 0. The number of nitrogens with zero attached hydrogens (tertiary/aromatic N) is 2. The second kappa shape index (κ2) is 7.41. The van der Waals surface area contributed by atoms with E-state index in [0.717, 1.165) is 6.54 Å². The summed E-state index contributed by atoms with van der Waals surface area (Å²) in [6.07, 6.45) is 0. The van der Waals surface area contributed by atoms with E-state index < -0.39 is 0 Å². The molecule has 0 aliphatic carbocycles. The Morgan fingerprint density at radius 1 is 0.525 bits per heavy atom. The zero-order valence-electron chi connectivity index (χ0n) is 21.6. The molecule has 2 bridgehead atoms. The van der Waals surface area contributed by atoms with Crippen molar-refractivity contribution < 1.29 is 0 Å². The van der Waals surface area contributed by atoms with E-state index in [2.05, 4.69) is 130 Å². The van der Waals surface area contributed by atoms with Crippen LogP contribution in [0.1, 0.15) is 5.56 Å². The lowest BCUT2D eigenvalue weighted by Crippen LogP contribution is -2.06. The molecule has 4 heterocycles. The van der Waals surface area contributed by atoms with Gasteiger partial charge in [0.2, 0.25) is 0 Å². The molecule has 2 nitrogen and oxygen atoms in total. The van der Waals surface area contributed by atoms with Gasteiger partial charge in [0.25, 0.3) is 0 Å². The number of aromatic nitrogens is 2. The van der Waals surface area contributed by atoms with E-state index in [-0.39, 0.29) is 0 Å². The van der Waals surface area contributed by atoms with Crippen molar-refractivity contribution in [3.8, 4) is 16.8 Å². The highest BCUT2D eigenvalue weighted by molar-refractivity contribution is 7.26. The molecule has 10 rings (SSSR count). The molecule has 3 aromatic heterocycles. The SMILES string of the molecule is c1ccc2c(c1)sc1c(-c3cc4cc(c3)-n3c5ccccc5c5ccc6c7ccccc7n(c6c53)C4)cccc12. The van der Waals surface area contributed by atoms with E-state index in [4.69, 9.17) is 0 Å². The van der Waals surface area contributed by atoms with Crippen LogP contribution in [0.25, 0.3) is 80.6 Å². The Labute approximate surface area is 233 Å². The fourth-order valence-corrected chi connectivity index (χ4v) is 8.47. The smallest absolute Gasteiger partial charge is 0.0785 e. The lowest BCUT2D eigenvalue weighted by atomic mass is 9.99. The fraction of sp³-hybridized carbons (Fsp3) is 0.0270. The van der Waals surface area contributed by atoms with Crippen LogP contribution in [0.15, 0.2) is 121 Å². The van der Waals surface area contributed by atoms with Gasteiger partial charge in [-0.2, -0.15) is 0 Å². The molecule has 9 aromatic rings. The number of hydrogen-bond donors (Lipinski definition) is 0. The molecule has 0 unspecified atom stereocenters. The molecule has 0 amide bonds. The van der Waals surface area contributed by atoms with Crippen LogP contribution in [0.4, 0.5) is 0 Å². The Hall–Kier alpha value is -4.86. The standard InChI is InChI=1S/C37H22N2S/c1-4-13-32-26(8-1)29-16-17-30-27-9-2-5-14-33(27)39-24-19-22(21-38(32)35(29)36(30)39)18-23(20-24)25-11-7-12-31-28-10-3-6-15-34(28)40-37(25)31/h1-20H,21H2. The Bertz CT molecular complexity index is 2520. The van der Waals surface area contributed by atoms with Crippen molar-refractivity contribution in [1.82, 2.24) is 9.13 Å². The van der Waals surface area contributed by atoms with E-state index in [1.165, 1.54) is 86.2 Å². The summed E-state index contributed by atoms with van der Waals surface area (Å²) < 4.78 is 7.76. The Balaban J connectivity index is 1.37. The largest absolute Gasteiger partial charge is 0.334 e. The Morgan fingerprint density at radius 3 is 2.10 bits per heavy atom. The van der Waals surface area contributed by atoms with E-state index in [9.17, 15) is 0 Å². The molecule has 3 heteroatoms. The van der Waals surface area contributed by atoms with Crippen LogP contribution in [0.5, 0.6) is 0 Å². The second-order valence-electron chi connectivity index (χ2n) is 11.0. The van der Waals surface area contributed by atoms with Gasteiger partial charge >= 0.3 is 0 Å². The molecular weight excluding hydrogens is 504 g/mol.